The Hall–Kier alpha value is -2.76. The molecule has 2 heterocycles. The summed E-state index contributed by atoms with van der Waals surface area (Å²) in [7, 11) is 0. The van der Waals surface area contributed by atoms with Crippen molar-refractivity contribution in [2.75, 3.05) is 0 Å². The van der Waals surface area contributed by atoms with E-state index >= 15 is 0 Å². The second-order valence-electron chi connectivity index (χ2n) is 9.15. The molecular formula is C23H31N5O. The van der Waals surface area contributed by atoms with Gasteiger partial charge in [0.15, 0.2) is 0 Å². The van der Waals surface area contributed by atoms with Crippen molar-refractivity contribution in [3.05, 3.63) is 76.2 Å². The number of H-pyrrole nitrogens is 1. The Bertz CT molecular complexity index is 968. The number of hydrogen-bond acceptors (Lipinski definition) is 4. The molecule has 29 heavy (non-hydrogen) atoms. The molecule has 0 aliphatic rings. The van der Waals surface area contributed by atoms with Crippen LogP contribution < -0.4 is 5.56 Å². The van der Waals surface area contributed by atoms with E-state index in [0.29, 0.717) is 18.4 Å². The highest BCUT2D eigenvalue weighted by molar-refractivity contribution is 5.22. The van der Waals surface area contributed by atoms with Crippen LogP contribution in [0.15, 0.2) is 53.7 Å². The van der Waals surface area contributed by atoms with Gasteiger partial charge in [0.25, 0.3) is 5.56 Å². The molecule has 1 N–H and O–H groups in total. The first kappa shape index (κ1) is 21.0. The summed E-state index contributed by atoms with van der Waals surface area (Å²) in [6, 6.07) is 12.2. The Kier molecular flexibility index (Phi) is 6.30. The van der Waals surface area contributed by atoms with Crippen LogP contribution in [0, 0.1) is 11.3 Å². The van der Waals surface area contributed by atoms with Gasteiger partial charge in [-0.2, -0.15) is 0 Å². The third kappa shape index (κ3) is 5.40. The molecule has 6 heteroatoms. The first-order valence-electron chi connectivity index (χ1n) is 10.2. The predicted molar refractivity (Wildman–Crippen MR) is 115 cm³/mol. The molecule has 0 aliphatic heterocycles. The van der Waals surface area contributed by atoms with Crippen molar-refractivity contribution in [3.63, 3.8) is 0 Å². The first-order chi connectivity index (χ1) is 13.7. The zero-order chi connectivity index (χ0) is 21.0. The molecule has 154 valence electrons. The van der Waals surface area contributed by atoms with E-state index in [1.807, 2.05) is 16.9 Å². The van der Waals surface area contributed by atoms with Gasteiger partial charge in [0.2, 0.25) is 0 Å². The normalized spacial score (nSPS) is 14.1. The monoisotopic (exact) mass is 393 g/mol. The van der Waals surface area contributed by atoms with Crippen molar-refractivity contribution in [1.29, 1.82) is 0 Å². The van der Waals surface area contributed by atoms with Crippen molar-refractivity contribution in [1.82, 2.24) is 25.0 Å². The third-order valence-electron chi connectivity index (χ3n) is 5.52. The summed E-state index contributed by atoms with van der Waals surface area (Å²) in [5, 5.41) is 8.81. The van der Waals surface area contributed by atoms with Gasteiger partial charge in [-0.3, -0.25) is 9.48 Å². The highest BCUT2D eigenvalue weighted by Gasteiger charge is 2.29. The van der Waals surface area contributed by atoms with E-state index in [0.717, 1.165) is 17.8 Å². The molecule has 0 saturated heterocycles. The van der Waals surface area contributed by atoms with Gasteiger partial charge in [-0.15, -0.1) is 5.10 Å². The van der Waals surface area contributed by atoms with Crippen molar-refractivity contribution in [2.24, 2.45) is 11.3 Å². The highest BCUT2D eigenvalue weighted by atomic mass is 16.1. The average molecular weight is 394 g/mol. The van der Waals surface area contributed by atoms with E-state index in [-0.39, 0.29) is 16.9 Å². The third-order valence-corrected chi connectivity index (χ3v) is 5.52. The van der Waals surface area contributed by atoms with E-state index in [2.05, 4.69) is 79.2 Å². The summed E-state index contributed by atoms with van der Waals surface area (Å²) in [5.74, 6) is 0.952. The SMILES string of the molecule is CC(C)C(Cc1cn(CC(c2cc(=O)[nH]cn2)C(C)(C)C)nn1)c1ccccc1. The number of aromatic amines is 1. The lowest BCUT2D eigenvalue weighted by Crippen LogP contribution is -2.26. The molecule has 0 amide bonds. The average Bonchev–Trinajstić information content (AvgIpc) is 3.11. The smallest absolute Gasteiger partial charge is 0.250 e. The molecule has 2 atom stereocenters. The molecule has 0 bridgehead atoms. The second kappa shape index (κ2) is 8.72. The first-order valence-corrected chi connectivity index (χ1v) is 10.2. The molecule has 0 fully saturated rings. The van der Waals surface area contributed by atoms with E-state index in [9.17, 15) is 4.79 Å². The second-order valence-corrected chi connectivity index (χ2v) is 9.15. The minimum Gasteiger partial charge on any atom is -0.313 e. The summed E-state index contributed by atoms with van der Waals surface area (Å²) in [5.41, 5.74) is 2.89. The molecule has 6 nitrogen and oxygen atoms in total. The van der Waals surface area contributed by atoms with Crippen LogP contribution in [0.2, 0.25) is 0 Å². The van der Waals surface area contributed by atoms with Crippen molar-refractivity contribution in [2.45, 2.75) is 59.4 Å². The van der Waals surface area contributed by atoms with Gasteiger partial charge in [-0.25, -0.2) is 4.98 Å². The van der Waals surface area contributed by atoms with Crippen molar-refractivity contribution in [3.8, 4) is 0 Å². The number of benzene rings is 1. The molecule has 0 saturated carbocycles. The van der Waals surface area contributed by atoms with Crippen molar-refractivity contribution < 1.29 is 0 Å². The topological polar surface area (TPSA) is 76.5 Å². The lowest BCUT2D eigenvalue weighted by molar-refractivity contribution is 0.275. The lowest BCUT2D eigenvalue weighted by Gasteiger charge is -2.29. The van der Waals surface area contributed by atoms with E-state index in [4.69, 9.17) is 0 Å². The van der Waals surface area contributed by atoms with Gasteiger partial charge in [0.05, 0.1) is 24.3 Å². The van der Waals surface area contributed by atoms with Crippen LogP contribution in [-0.4, -0.2) is 25.0 Å². The lowest BCUT2D eigenvalue weighted by atomic mass is 9.78. The molecular weight excluding hydrogens is 362 g/mol. The van der Waals surface area contributed by atoms with Crippen LogP contribution >= 0.6 is 0 Å². The fourth-order valence-corrected chi connectivity index (χ4v) is 3.76. The maximum Gasteiger partial charge on any atom is 0.250 e. The zero-order valence-corrected chi connectivity index (χ0v) is 18.0. The minimum atomic E-state index is -0.133. The Labute approximate surface area is 172 Å². The summed E-state index contributed by atoms with van der Waals surface area (Å²) in [6.45, 7) is 11.6. The summed E-state index contributed by atoms with van der Waals surface area (Å²) >= 11 is 0. The van der Waals surface area contributed by atoms with Gasteiger partial charge in [-0.1, -0.05) is 70.2 Å². The highest BCUT2D eigenvalue weighted by Crippen LogP contribution is 2.35. The van der Waals surface area contributed by atoms with E-state index in [1.165, 1.54) is 11.9 Å². The summed E-state index contributed by atoms with van der Waals surface area (Å²) < 4.78 is 1.89. The maximum atomic E-state index is 11.8. The maximum absolute atomic E-state index is 11.8. The van der Waals surface area contributed by atoms with Crippen LogP contribution in [0.1, 0.15) is 63.4 Å². The number of hydrogen-bond donors (Lipinski definition) is 1. The molecule has 0 radical (unpaired) electrons. The number of nitrogens with one attached hydrogen (secondary N) is 1. The molecule has 2 aromatic heterocycles. The minimum absolute atomic E-state index is 0.0503. The van der Waals surface area contributed by atoms with Gasteiger partial charge < -0.3 is 4.98 Å². The van der Waals surface area contributed by atoms with Crippen LogP contribution in [0.5, 0.6) is 0 Å². The predicted octanol–water partition coefficient (Wildman–Crippen LogP) is 4.17. The van der Waals surface area contributed by atoms with Crippen LogP contribution in [0.25, 0.3) is 0 Å². The van der Waals surface area contributed by atoms with Crippen LogP contribution in [-0.2, 0) is 13.0 Å². The molecule has 3 rings (SSSR count). The van der Waals surface area contributed by atoms with E-state index < -0.39 is 0 Å². The van der Waals surface area contributed by atoms with Crippen molar-refractivity contribution >= 4 is 0 Å². The number of nitrogens with zero attached hydrogens (tertiary/aromatic N) is 4. The number of rotatable bonds is 7. The molecule has 0 aliphatic carbocycles. The van der Waals surface area contributed by atoms with Gasteiger partial charge in [0.1, 0.15) is 0 Å². The van der Waals surface area contributed by atoms with Crippen LogP contribution in [0.4, 0.5) is 0 Å². The fraction of sp³-hybridized carbons (Fsp3) is 0.478. The Morgan fingerprint density at radius 2 is 1.86 bits per heavy atom. The zero-order valence-electron chi connectivity index (χ0n) is 18.0. The molecule has 0 spiro atoms. The Morgan fingerprint density at radius 1 is 1.14 bits per heavy atom. The standard InChI is InChI=1S/C23H31N5O/c1-16(2)19(17-9-7-6-8-10-17)11-18-13-28(27-26-18)14-20(23(3,4)5)21-12-22(29)25-15-24-21/h6-10,12-13,15-16,19-20H,11,14H2,1-5H3,(H,24,25,29). The van der Waals surface area contributed by atoms with Crippen LogP contribution in [0.3, 0.4) is 0 Å². The van der Waals surface area contributed by atoms with Gasteiger partial charge in [0, 0.05) is 24.6 Å². The quantitative estimate of drug-likeness (QED) is 0.653. The summed E-state index contributed by atoms with van der Waals surface area (Å²) in [4.78, 5) is 18.8. The molecule has 2 unspecified atom stereocenters. The van der Waals surface area contributed by atoms with Gasteiger partial charge >= 0.3 is 0 Å². The molecule has 3 aromatic rings. The van der Waals surface area contributed by atoms with Gasteiger partial charge in [-0.05, 0) is 22.8 Å². The van der Waals surface area contributed by atoms with E-state index in [1.54, 1.807) is 6.07 Å². The number of aromatic nitrogens is 5. The molecule has 1 aromatic carbocycles. The summed E-state index contributed by atoms with van der Waals surface area (Å²) in [6.07, 6.45) is 4.35. The largest absolute Gasteiger partial charge is 0.313 e. The Balaban J connectivity index is 1.80. The fourth-order valence-electron chi connectivity index (χ4n) is 3.76. The Morgan fingerprint density at radius 3 is 2.48 bits per heavy atom.